The van der Waals surface area contributed by atoms with E-state index in [1.54, 1.807) is 0 Å². The first kappa shape index (κ1) is 13.5. The van der Waals surface area contributed by atoms with Crippen LogP contribution in [-0.2, 0) is 4.79 Å². The quantitative estimate of drug-likeness (QED) is 0.697. The molecule has 3 N–H and O–H groups in total. The summed E-state index contributed by atoms with van der Waals surface area (Å²) in [5, 5.41) is 3.03. The van der Waals surface area contributed by atoms with Gasteiger partial charge in [0.25, 0.3) is 0 Å². The minimum absolute atomic E-state index is 0.183. The van der Waals surface area contributed by atoms with Crippen molar-refractivity contribution in [3.05, 3.63) is 0 Å². The van der Waals surface area contributed by atoms with Gasteiger partial charge < -0.3 is 11.1 Å². The third-order valence-corrected chi connectivity index (χ3v) is 3.42. The van der Waals surface area contributed by atoms with Crippen molar-refractivity contribution in [2.75, 3.05) is 13.1 Å². The zero-order valence-corrected chi connectivity index (χ0v) is 10.7. The van der Waals surface area contributed by atoms with E-state index in [0.717, 1.165) is 18.9 Å². The molecule has 0 aromatic heterocycles. The van der Waals surface area contributed by atoms with Crippen LogP contribution in [0.4, 0.5) is 0 Å². The molecule has 3 heteroatoms. The summed E-state index contributed by atoms with van der Waals surface area (Å²) in [5.74, 6) is 1.89. The van der Waals surface area contributed by atoms with Crippen LogP contribution in [0.25, 0.3) is 0 Å². The van der Waals surface area contributed by atoms with Gasteiger partial charge in [-0.05, 0) is 43.6 Å². The lowest BCUT2D eigenvalue weighted by Gasteiger charge is -2.26. The molecule has 0 aliphatic heterocycles. The molecule has 0 aromatic carbocycles. The van der Waals surface area contributed by atoms with Crippen LogP contribution in [0.1, 0.15) is 46.0 Å². The van der Waals surface area contributed by atoms with E-state index in [0.29, 0.717) is 24.8 Å². The van der Waals surface area contributed by atoms with E-state index in [-0.39, 0.29) is 5.91 Å². The monoisotopic (exact) mass is 226 g/mol. The molecular formula is C13H26N2O. The van der Waals surface area contributed by atoms with E-state index in [9.17, 15) is 4.79 Å². The summed E-state index contributed by atoms with van der Waals surface area (Å²) in [6, 6.07) is 0. The van der Waals surface area contributed by atoms with E-state index in [1.807, 2.05) is 0 Å². The fourth-order valence-electron chi connectivity index (χ4n) is 2.22. The number of hydrogen-bond donors (Lipinski definition) is 2. The fraction of sp³-hybridized carbons (Fsp3) is 0.923. The van der Waals surface area contributed by atoms with E-state index in [2.05, 4.69) is 19.2 Å². The van der Waals surface area contributed by atoms with Crippen molar-refractivity contribution in [3.63, 3.8) is 0 Å². The van der Waals surface area contributed by atoms with Gasteiger partial charge >= 0.3 is 0 Å². The van der Waals surface area contributed by atoms with Crippen molar-refractivity contribution in [2.45, 2.75) is 46.0 Å². The Morgan fingerprint density at radius 3 is 2.56 bits per heavy atom. The number of amides is 1. The Bertz CT molecular complexity index is 212. The van der Waals surface area contributed by atoms with Crippen LogP contribution in [0.5, 0.6) is 0 Å². The third kappa shape index (κ3) is 4.97. The van der Waals surface area contributed by atoms with Gasteiger partial charge in [-0.2, -0.15) is 0 Å². The molecule has 0 heterocycles. The average Bonchev–Trinajstić information content (AvgIpc) is 2.13. The Morgan fingerprint density at radius 2 is 2.12 bits per heavy atom. The zero-order chi connectivity index (χ0) is 12.0. The van der Waals surface area contributed by atoms with Gasteiger partial charge in [-0.3, -0.25) is 4.79 Å². The van der Waals surface area contributed by atoms with Crippen molar-refractivity contribution in [1.82, 2.24) is 5.32 Å². The number of carbonyl (C=O) groups excluding carboxylic acids is 1. The van der Waals surface area contributed by atoms with E-state index in [1.165, 1.54) is 19.3 Å². The van der Waals surface area contributed by atoms with Crippen LogP contribution in [0.3, 0.4) is 0 Å². The van der Waals surface area contributed by atoms with Crippen LogP contribution < -0.4 is 11.1 Å². The lowest BCUT2D eigenvalue weighted by atomic mass is 9.85. The van der Waals surface area contributed by atoms with Crippen LogP contribution in [0.2, 0.25) is 0 Å². The van der Waals surface area contributed by atoms with Gasteiger partial charge in [0.2, 0.25) is 5.91 Å². The summed E-state index contributed by atoms with van der Waals surface area (Å²) in [4.78, 5) is 11.7. The molecule has 1 amide bonds. The first-order chi connectivity index (χ1) is 7.61. The predicted molar refractivity (Wildman–Crippen MR) is 67.0 cm³/mol. The molecule has 94 valence electrons. The topological polar surface area (TPSA) is 55.1 Å². The largest absolute Gasteiger partial charge is 0.356 e. The first-order valence-electron chi connectivity index (χ1n) is 6.58. The van der Waals surface area contributed by atoms with Crippen LogP contribution in [-0.4, -0.2) is 19.0 Å². The standard InChI is InChI=1S/C13H26N2O/c1-10(2)6-12(8-14)7-13(16)15-9-11-4-3-5-11/h10-12H,3-9,14H2,1-2H3,(H,15,16)/t12-/m0/s1. The molecule has 0 saturated heterocycles. The number of hydrogen-bond acceptors (Lipinski definition) is 2. The summed E-state index contributed by atoms with van der Waals surface area (Å²) in [6.45, 7) is 5.84. The minimum Gasteiger partial charge on any atom is -0.356 e. The van der Waals surface area contributed by atoms with Crippen LogP contribution in [0.15, 0.2) is 0 Å². The summed E-state index contributed by atoms with van der Waals surface area (Å²) >= 11 is 0. The highest BCUT2D eigenvalue weighted by molar-refractivity contribution is 5.76. The molecule has 16 heavy (non-hydrogen) atoms. The molecule has 1 aliphatic carbocycles. The third-order valence-electron chi connectivity index (χ3n) is 3.42. The summed E-state index contributed by atoms with van der Waals surface area (Å²) in [6.07, 6.45) is 5.55. The minimum atomic E-state index is 0.183. The Hall–Kier alpha value is -0.570. The summed E-state index contributed by atoms with van der Waals surface area (Å²) in [7, 11) is 0. The molecular weight excluding hydrogens is 200 g/mol. The van der Waals surface area contributed by atoms with Gasteiger partial charge in [0.15, 0.2) is 0 Å². The van der Waals surface area contributed by atoms with E-state index >= 15 is 0 Å². The second-order valence-electron chi connectivity index (χ2n) is 5.54. The summed E-state index contributed by atoms with van der Waals surface area (Å²) in [5.41, 5.74) is 5.68. The second-order valence-corrected chi connectivity index (χ2v) is 5.54. The Balaban J connectivity index is 2.14. The van der Waals surface area contributed by atoms with Gasteiger partial charge in [0.1, 0.15) is 0 Å². The van der Waals surface area contributed by atoms with Gasteiger partial charge in [-0.1, -0.05) is 20.3 Å². The molecule has 1 fully saturated rings. The van der Waals surface area contributed by atoms with Crippen LogP contribution in [0, 0.1) is 17.8 Å². The van der Waals surface area contributed by atoms with Gasteiger partial charge in [0, 0.05) is 13.0 Å². The molecule has 0 unspecified atom stereocenters. The number of rotatable bonds is 7. The normalized spacial score (nSPS) is 18.2. The lowest BCUT2D eigenvalue weighted by molar-refractivity contribution is -0.122. The van der Waals surface area contributed by atoms with Crippen LogP contribution >= 0.6 is 0 Å². The van der Waals surface area contributed by atoms with Crippen molar-refractivity contribution in [3.8, 4) is 0 Å². The maximum atomic E-state index is 11.7. The number of nitrogens with two attached hydrogens (primary N) is 1. The van der Waals surface area contributed by atoms with E-state index in [4.69, 9.17) is 5.73 Å². The van der Waals surface area contributed by atoms with E-state index < -0.39 is 0 Å². The lowest BCUT2D eigenvalue weighted by Crippen LogP contribution is -2.34. The Labute approximate surface area is 99.2 Å². The maximum Gasteiger partial charge on any atom is 0.220 e. The van der Waals surface area contributed by atoms with Crippen molar-refractivity contribution < 1.29 is 4.79 Å². The highest BCUT2D eigenvalue weighted by Gasteiger charge is 2.19. The zero-order valence-electron chi connectivity index (χ0n) is 10.7. The number of nitrogens with one attached hydrogen (secondary N) is 1. The highest BCUT2D eigenvalue weighted by Crippen LogP contribution is 2.25. The summed E-state index contributed by atoms with van der Waals surface area (Å²) < 4.78 is 0. The van der Waals surface area contributed by atoms with Gasteiger partial charge in [-0.15, -0.1) is 0 Å². The SMILES string of the molecule is CC(C)C[C@H](CN)CC(=O)NCC1CCC1. The highest BCUT2D eigenvalue weighted by atomic mass is 16.1. The van der Waals surface area contributed by atoms with Crippen molar-refractivity contribution >= 4 is 5.91 Å². The molecule has 0 aromatic rings. The predicted octanol–water partition coefficient (Wildman–Crippen LogP) is 1.91. The first-order valence-corrected chi connectivity index (χ1v) is 6.58. The molecule has 0 bridgehead atoms. The average molecular weight is 226 g/mol. The van der Waals surface area contributed by atoms with Crippen molar-refractivity contribution in [2.24, 2.45) is 23.5 Å². The molecule has 0 radical (unpaired) electrons. The maximum absolute atomic E-state index is 11.7. The Kier molecular flexibility index (Phi) is 5.81. The molecule has 1 aliphatic rings. The smallest absolute Gasteiger partial charge is 0.220 e. The molecule has 1 saturated carbocycles. The second kappa shape index (κ2) is 6.89. The Morgan fingerprint density at radius 1 is 1.44 bits per heavy atom. The number of carbonyl (C=O) groups is 1. The van der Waals surface area contributed by atoms with Crippen molar-refractivity contribution in [1.29, 1.82) is 0 Å². The molecule has 1 rings (SSSR count). The fourth-order valence-corrected chi connectivity index (χ4v) is 2.22. The molecule has 3 nitrogen and oxygen atoms in total. The van der Waals surface area contributed by atoms with Gasteiger partial charge in [-0.25, -0.2) is 0 Å². The molecule has 1 atom stereocenters. The molecule has 0 spiro atoms. The van der Waals surface area contributed by atoms with Gasteiger partial charge in [0.05, 0.1) is 0 Å².